The van der Waals surface area contributed by atoms with Gasteiger partial charge in [0.15, 0.2) is 0 Å². The molecule has 1 saturated heterocycles. The number of hydrogen-bond acceptors (Lipinski definition) is 5. The highest BCUT2D eigenvalue weighted by atomic mass is 32.2. The van der Waals surface area contributed by atoms with Crippen molar-refractivity contribution in [3.8, 4) is 5.75 Å². The van der Waals surface area contributed by atoms with Crippen LogP contribution in [0.4, 0.5) is 5.69 Å². The molecule has 1 aliphatic rings. The molecule has 180 valence electrons. The number of piperidine rings is 1. The number of anilines is 1. The maximum absolute atomic E-state index is 13.0. The highest BCUT2D eigenvalue weighted by molar-refractivity contribution is 7.89. The highest BCUT2D eigenvalue weighted by Gasteiger charge is 2.27. The van der Waals surface area contributed by atoms with Gasteiger partial charge in [0.05, 0.1) is 24.2 Å². The lowest BCUT2D eigenvalue weighted by Crippen LogP contribution is -2.35. The first-order valence-electron chi connectivity index (χ1n) is 11.5. The van der Waals surface area contributed by atoms with Crippen molar-refractivity contribution in [1.29, 1.82) is 0 Å². The quantitative estimate of drug-likeness (QED) is 0.594. The molecule has 1 heterocycles. The number of hydrogen-bond donors (Lipinski definition) is 1. The molecule has 7 nitrogen and oxygen atoms in total. The fourth-order valence-electron chi connectivity index (χ4n) is 4.01. The van der Waals surface area contributed by atoms with Crippen molar-refractivity contribution in [1.82, 2.24) is 9.21 Å². The van der Waals surface area contributed by atoms with Crippen molar-refractivity contribution in [2.24, 2.45) is 0 Å². The lowest BCUT2D eigenvalue weighted by Gasteiger charge is -2.26. The number of likely N-dealkylation sites (N-methyl/N-ethyl adjacent to an activating group) is 1. The second-order valence-corrected chi connectivity index (χ2v) is 10.9. The van der Waals surface area contributed by atoms with Crippen LogP contribution in [0.2, 0.25) is 0 Å². The van der Waals surface area contributed by atoms with Crippen LogP contribution in [0, 0.1) is 0 Å². The zero-order chi connectivity index (χ0) is 24.0. The molecule has 1 amide bonds. The van der Waals surface area contributed by atoms with Crippen molar-refractivity contribution in [3.05, 3.63) is 53.6 Å². The third kappa shape index (κ3) is 6.56. The van der Waals surface area contributed by atoms with E-state index in [9.17, 15) is 13.2 Å². The first kappa shape index (κ1) is 25.2. The van der Waals surface area contributed by atoms with E-state index in [1.54, 1.807) is 6.07 Å². The largest absolute Gasteiger partial charge is 0.495 e. The van der Waals surface area contributed by atoms with Gasteiger partial charge in [-0.15, -0.1) is 0 Å². The highest BCUT2D eigenvalue weighted by Crippen LogP contribution is 2.30. The number of nitrogens with zero attached hydrogens (tertiary/aromatic N) is 2. The van der Waals surface area contributed by atoms with Crippen molar-refractivity contribution in [2.45, 2.75) is 50.5 Å². The van der Waals surface area contributed by atoms with Gasteiger partial charge >= 0.3 is 0 Å². The standard InChI is InChI=1S/C25H35N3O4S/c1-19(2)21-10-8-20(9-11-21)17-27(3)18-25(29)26-23-16-22(12-13-24(23)32-4)33(30,31)28-14-6-5-7-15-28/h8-13,16,19H,5-7,14-15,17-18H2,1-4H3,(H,26,29). The summed E-state index contributed by atoms with van der Waals surface area (Å²) in [5.74, 6) is 0.669. The monoisotopic (exact) mass is 473 g/mol. The number of nitrogens with one attached hydrogen (secondary N) is 1. The minimum Gasteiger partial charge on any atom is -0.495 e. The zero-order valence-corrected chi connectivity index (χ0v) is 20.8. The molecule has 2 aromatic rings. The third-order valence-electron chi connectivity index (χ3n) is 5.91. The van der Waals surface area contributed by atoms with Crippen LogP contribution in [0.1, 0.15) is 50.2 Å². The average Bonchev–Trinajstić information content (AvgIpc) is 2.79. The molecular formula is C25H35N3O4S. The molecule has 2 aromatic carbocycles. The Morgan fingerprint density at radius 2 is 1.76 bits per heavy atom. The molecule has 0 aliphatic carbocycles. The Bertz CT molecular complexity index is 1050. The van der Waals surface area contributed by atoms with E-state index in [0.29, 0.717) is 37.0 Å². The van der Waals surface area contributed by atoms with Gasteiger partial charge < -0.3 is 10.1 Å². The Morgan fingerprint density at radius 1 is 1.09 bits per heavy atom. The molecule has 0 aromatic heterocycles. The van der Waals surface area contributed by atoms with Gasteiger partial charge in [-0.25, -0.2) is 8.42 Å². The normalized spacial score (nSPS) is 15.1. The summed E-state index contributed by atoms with van der Waals surface area (Å²) in [6, 6.07) is 13.0. The maximum Gasteiger partial charge on any atom is 0.243 e. The zero-order valence-electron chi connectivity index (χ0n) is 20.0. The molecule has 0 atom stereocenters. The number of rotatable bonds is 9. The predicted octanol–water partition coefficient (Wildman–Crippen LogP) is 4.06. The molecular weight excluding hydrogens is 438 g/mol. The molecule has 8 heteroatoms. The smallest absolute Gasteiger partial charge is 0.243 e. The van der Waals surface area contributed by atoms with E-state index in [0.717, 1.165) is 24.8 Å². The number of amides is 1. The van der Waals surface area contributed by atoms with Gasteiger partial charge in [0.2, 0.25) is 15.9 Å². The first-order chi connectivity index (χ1) is 15.7. The Hall–Kier alpha value is -2.42. The number of ether oxygens (including phenoxy) is 1. The summed E-state index contributed by atoms with van der Waals surface area (Å²) in [5.41, 5.74) is 2.77. The van der Waals surface area contributed by atoms with Crippen LogP contribution < -0.4 is 10.1 Å². The molecule has 1 aliphatic heterocycles. The summed E-state index contributed by atoms with van der Waals surface area (Å²) in [7, 11) is -0.227. The number of carbonyl (C=O) groups excluding carboxylic acids is 1. The maximum atomic E-state index is 13.0. The molecule has 1 N–H and O–H groups in total. The summed E-state index contributed by atoms with van der Waals surface area (Å²) >= 11 is 0. The van der Waals surface area contributed by atoms with Crippen LogP contribution in [-0.4, -0.2) is 57.3 Å². The Labute approximate surface area is 197 Å². The van der Waals surface area contributed by atoms with Crippen molar-refractivity contribution in [3.63, 3.8) is 0 Å². The van der Waals surface area contributed by atoms with Crippen LogP contribution in [0.5, 0.6) is 5.75 Å². The summed E-state index contributed by atoms with van der Waals surface area (Å²) in [6.07, 6.45) is 2.78. The van der Waals surface area contributed by atoms with Gasteiger partial charge in [0.25, 0.3) is 0 Å². The van der Waals surface area contributed by atoms with Crippen LogP contribution >= 0.6 is 0 Å². The van der Waals surface area contributed by atoms with E-state index >= 15 is 0 Å². The van der Waals surface area contributed by atoms with E-state index in [4.69, 9.17) is 4.74 Å². The van der Waals surface area contributed by atoms with Crippen LogP contribution in [0.3, 0.4) is 0 Å². The van der Waals surface area contributed by atoms with Crippen LogP contribution in [0.15, 0.2) is 47.4 Å². The lowest BCUT2D eigenvalue weighted by molar-refractivity contribution is -0.117. The molecule has 0 saturated carbocycles. The van der Waals surface area contributed by atoms with Crippen LogP contribution in [0.25, 0.3) is 0 Å². The predicted molar refractivity (Wildman–Crippen MR) is 131 cm³/mol. The fourth-order valence-corrected chi connectivity index (χ4v) is 5.55. The van der Waals surface area contributed by atoms with E-state index in [1.165, 1.54) is 29.1 Å². The van der Waals surface area contributed by atoms with Crippen LogP contribution in [-0.2, 0) is 21.4 Å². The fraction of sp³-hybridized carbons (Fsp3) is 0.480. The second kappa shape index (κ2) is 11.1. The second-order valence-electron chi connectivity index (χ2n) is 8.94. The number of methoxy groups -OCH3 is 1. The first-order valence-corrected chi connectivity index (χ1v) is 12.9. The Kier molecular flexibility index (Phi) is 8.51. The molecule has 0 unspecified atom stereocenters. The van der Waals surface area contributed by atoms with Gasteiger partial charge in [-0.2, -0.15) is 4.31 Å². The minimum atomic E-state index is -3.60. The molecule has 3 rings (SSSR count). The minimum absolute atomic E-state index is 0.165. The SMILES string of the molecule is COc1ccc(S(=O)(=O)N2CCCCC2)cc1NC(=O)CN(C)Cc1ccc(C(C)C)cc1. The Balaban J connectivity index is 1.67. The molecule has 0 bridgehead atoms. The number of benzene rings is 2. The molecule has 0 radical (unpaired) electrons. The van der Waals surface area contributed by atoms with Crippen molar-refractivity contribution < 1.29 is 17.9 Å². The van der Waals surface area contributed by atoms with Gasteiger partial charge in [0.1, 0.15) is 5.75 Å². The van der Waals surface area contributed by atoms with Crippen molar-refractivity contribution >= 4 is 21.6 Å². The van der Waals surface area contributed by atoms with E-state index in [1.807, 2.05) is 11.9 Å². The summed E-state index contributed by atoms with van der Waals surface area (Å²) in [6.45, 7) is 6.17. The van der Waals surface area contributed by atoms with E-state index < -0.39 is 10.0 Å². The molecule has 0 spiro atoms. The van der Waals surface area contributed by atoms with E-state index in [2.05, 4.69) is 43.4 Å². The summed E-state index contributed by atoms with van der Waals surface area (Å²) in [4.78, 5) is 14.8. The van der Waals surface area contributed by atoms with Gasteiger partial charge in [-0.1, -0.05) is 44.5 Å². The lowest BCUT2D eigenvalue weighted by atomic mass is 10.0. The van der Waals surface area contributed by atoms with Crippen molar-refractivity contribution in [2.75, 3.05) is 39.1 Å². The van der Waals surface area contributed by atoms with Gasteiger partial charge in [0, 0.05) is 19.6 Å². The number of carbonyl (C=O) groups is 1. The Morgan fingerprint density at radius 3 is 2.36 bits per heavy atom. The van der Waals surface area contributed by atoms with E-state index in [-0.39, 0.29) is 17.3 Å². The molecule has 33 heavy (non-hydrogen) atoms. The topological polar surface area (TPSA) is 79.0 Å². The number of sulfonamides is 1. The summed E-state index contributed by atoms with van der Waals surface area (Å²) < 4.78 is 32.9. The summed E-state index contributed by atoms with van der Waals surface area (Å²) in [5, 5.41) is 2.83. The third-order valence-corrected chi connectivity index (χ3v) is 7.80. The average molecular weight is 474 g/mol. The van der Waals surface area contributed by atoms with Gasteiger partial charge in [-0.05, 0) is 55.1 Å². The van der Waals surface area contributed by atoms with Gasteiger partial charge in [-0.3, -0.25) is 9.69 Å². The molecule has 1 fully saturated rings.